The molecule has 7 nitrogen and oxygen atoms in total. The van der Waals surface area contributed by atoms with Crippen molar-refractivity contribution in [2.24, 2.45) is 0 Å². The summed E-state index contributed by atoms with van der Waals surface area (Å²) in [5.41, 5.74) is 0.587. The third-order valence-electron chi connectivity index (χ3n) is 3.47. The van der Waals surface area contributed by atoms with E-state index in [4.69, 9.17) is 21.1 Å². The zero-order valence-corrected chi connectivity index (χ0v) is 14.7. The number of hydrogen-bond acceptors (Lipinski definition) is 5. The van der Waals surface area contributed by atoms with Gasteiger partial charge in [0.1, 0.15) is 17.2 Å². The molecule has 2 aromatic rings. The summed E-state index contributed by atoms with van der Waals surface area (Å²) in [4.78, 5) is 22.9. The van der Waals surface area contributed by atoms with Crippen LogP contribution in [-0.2, 0) is 4.79 Å². The monoisotopic (exact) mass is 364 g/mol. The van der Waals surface area contributed by atoms with Crippen molar-refractivity contribution in [3.63, 3.8) is 0 Å². The second kappa shape index (κ2) is 7.85. The molecule has 1 amide bonds. The molecule has 0 spiro atoms. The maximum absolute atomic E-state index is 12.3. The van der Waals surface area contributed by atoms with Crippen LogP contribution in [0, 0.1) is 17.0 Å². The van der Waals surface area contributed by atoms with E-state index in [9.17, 15) is 14.9 Å². The topological polar surface area (TPSA) is 90.7 Å². The van der Waals surface area contributed by atoms with Crippen LogP contribution in [0.5, 0.6) is 11.5 Å². The van der Waals surface area contributed by atoms with Gasteiger partial charge >= 0.3 is 0 Å². The van der Waals surface area contributed by atoms with Crippen LogP contribution in [0.2, 0.25) is 5.02 Å². The number of methoxy groups -OCH3 is 1. The number of nitrogens with one attached hydrogen (secondary N) is 1. The van der Waals surface area contributed by atoms with Crippen LogP contribution in [-0.4, -0.2) is 24.0 Å². The highest BCUT2D eigenvalue weighted by molar-refractivity contribution is 6.30. The Morgan fingerprint density at radius 3 is 2.60 bits per heavy atom. The number of nitro groups is 1. The van der Waals surface area contributed by atoms with Crippen LogP contribution >= 0.6 is 11.6 Å². The summed E-state index contributed by atoms with van der Waals surface area (Å²) in [6.07, 6.45) is -0.860. The molecule has 0 unspecified atom stereocenters. The molecule has 25 heavy (non-hydrogen) atoms. The third kappa shape index (κ3) is 4.60. The van der Waals surface area contributed by atoms with Crippen molar-refractivity contribution < 1.29 is 19.2 Å². The van der Waals surface area contributed by atoms with Crippen LogP contribution < -0.4 is 14.8 Å². The fraction of sp³-hybridized carbons (Fsp3) is 0.235. The lowest BCUT2D eigenvalue weighted by Crippen LogP contribution is -2.30. The van der Waals surface area contributed by atoms with Gasteiger partial charge in [-0.05, 0) is 49.7 Å². The van der Waals surface area contributed by atoms with Gasteiger partial charge in [0, 0.05) is 5.02 Å². The number of anilines is 1. The standard InChI is InChI=1S/C17H17ClN2O5/c1-10-8-12(18)4-7-16(10)25-11(2)17(21)19-14-6-5-13(24-3)9-15(14)20(22)23/h4-9,11H,1-3H3,(H,19,21)/t11-/m0/s1. The first kappa shape index (κ1) is 18.5. The fourth-order valence-electron chi connectivity index (χ4n) is 2.12. The van der Waals surface area contributed by atoms with Gasteiger partial charge in [0.15, 0.2) is 6.10 Å². The van der Waals surface area contributed by atoms with Crippen molar-refractivity contribution in [3.05, 3.63) is 57.1 Å². The number of nitrogens with zero attached hydrogens (tertiary/aromatic N) is 1. The van der Waals surface area contributed by atoms with Crippen LogP contribution in [0.25, 0.3) is 0 Å². The van der Waals surface area contributed by atoms with E-state index in [2.05, 4.69) is 5.32 Å². The average molecular weight is 365 g/mol. The predicted molar refractivity (Wildman–Crippen MR) is 94.6 cm³/mol. The highest BCUT2D eigenvalue weighted by Gasteiger charge is 2.21. The molecule has 0 aromatic heterocycles. The second-order valence-corrected chi connectivity index (χ2v) is 5.74. The van der Waals surface area contributed by atoms with Crippen LogP contribution in [0.4, 0.5) is 11.4 Å². The molecule has 0 radical (unpaired) electrons. The van der Waals surface area contributed by atoms with Gasteiger partial charge in [0.25, 0.3) is 11.6 Å². The minimum absolute atomic E-state index is 0.0686. The van der Waals surface area contributed by atoms with Gasteiger partial charge in [-0.15, -0.1) is 0 Å². The number of amides is 1. The van der Waals surface area contributed by atoms with E-state index in [1.54, 1.807) is 32.0 Å². The minimum atomic E-state index is -0.860. The zero-order chi connectivity index (χ0) is 18.6. The molecule has 0 fully saturated rings. The van der Waals surface area contributed by atoms with E-state index in [1.165, 1.54) is 25.3 Å². The number of carbonyl (C=O) groups is 1. The fourth-order valence-corrected chi connectivity index (χ4v) is 2.35. The largest absolute Gasteiger partial charge is 0.496 e. The van der Waals surface area contributed by atoms with Crippen LogP contribution in [0.3, 0.4) is 0 Å². The van der Waals surface area contributed by atoms with E-state index < -0.39 is 16.9 Å². The molecule has 0 aliphatic carbocycles. The first-order chi connectivity index (χ1) is 11.8. The Bertz CT molecular complexity index is 810. The average Bonchev–Trinajstić information content (AvgIpc) is 2.57. The lowest BCUT2D eigenvalue weighted by molar-refractivity contribution is -0.384. The van der Waals surface area contributed by atoms with Gasteiger partial charge in [-0.1, -0.05) is 11.6 Å². The lowest BCUT2D eigenvalue weighted by Gasteiger charge is -2.16. The van der Waals surface area contributed by atoms with Gasteiger partial charge in [0.2, 0.25) is 0 Å². The zero-order valence-electron chi connectivity index (χ0n) is 13.9. The molecule has 0 aliphatic rings. The summed E-state index contributed by atoms with van der Waals surface area (Å²) >= 11 is 5.89. The smallest absolute Gasteiger partial charge is 0.296 e. The van der Waals surface area contributed by atoms with Crippen molar-refractivity contribution >= 4 is 28.9 Å². The third-order valence-corrected chi connectivity index (χ3v) is 3.70. The van der Waals surface area contributed by atoms with Crippen molar-refractivity contribution in [2.45, 2.75) is 20.0 Å². The molecule has 1 atom stereocenters. The molecule has 2 aromatic carbocycles. The summed E-state index contributed by atoms with van der Waals surface area (Å²) in [5, 5.41) is 14.2. The molecular formula is C17H17ClN2O5. The number of halogens is 1. The molecule has 8 heteroatoms. The van der Waals surface area contributed by atoms with Crippen LogP contribution in [0.1, 0.15) is 12.5 Å². The molecule has 2 rings (SSSR count). The molecule has 0 aliphatic heterocycles. The van der Waals surface area contributed by atoms with Gasteiger partial charge in [-0.3, -0.25) is 14.9 Å². The predicted octanol–water partition coefficient (Wildman–Crippen LogP) is 3.97. The molecule has 0 heterocycles. The minimum Gasteiger partial charge on any atom is -0.496 e. The number of aryl methyl sites for hydroxylation is 1. The summed E-state index contributed by atoms with van der Waals surface area (Å²) in [6.45, 7) is 3.36. The Morgan fingerprint density at radius 2 is 2.00 bits per heavy atom. The van der Waals surface area contributed by atoms with Gasteiger partial charge in [0.05, 0.1) is 18.1 Å². The van der Waals surface area contributed by atoms with Gasteiger partial charge < -0.3 is 14.8 Å². The summed E-state index contributed by atoms with van der Waals surface area (Å²) in [6, 6.07) is 9.22. The molecule has 0 saturated carbocycles. The maximum atomic E-state index is 12.3. The normalized spacial score (nSPS) is 11.5. The lowest BCUT2D eigenvalue weighted by atomic mass is 10.2. The summed E-state index contributed by atoms with van der Waals surface area (Å²) in [7, 11) is 1.40. The Balaban J connectivity index is 2.14. The molecular weight excluding hydrogens is 348 g/mol. The van der Waals surface area contributed by atoms with E-state index in [1.807, 2.05) is 0 Å². The first-order valence-electron chi connectivity index (χ1n) is 7.38. The van der Waals surface area contributed by atoms with Crippen molar-refractivity contribution in [1.29, 1.82) is 0 Å². The molecule has 0 saturated heterocycles. The van der Waals surface area contributed by atoms with Gasteiger partial charge in [-0.2, -0.15) is 0 Å². The number of rotatable bonds is 6. The quantitative estimate of drug-likeness (QED) is 0.618. The number of benzene rings is 2. The Labute approximate surface area is 149 Å². The van der Waals surface area contributed by atoms with Crippen molar-refractivity contribution in [1.82, 2.24) is 0 Å². The number of hydrogen-bond donors (Lipinski definition) is 1. The maximum Gasteiger partial charge on any atom is 0.296 e. The Hall–Kier alpha value is -2.80. The summed E-state index contributed by atoms with van der Waals surface area (Å²) in [5.74, 6) is 0.324. The van der Waals surface area contributed by atoms with Crippen molar-refractivity contribution in [3.8, 4) is 11.5 Å². The Kier molecular flexibility index (Phi) is 5.82. The van der Waals surface area contributed by atoms with Crippen molar-refractivity contribution in [2.75, 3.05) is 12.4 Å². The summed E-state index contributed by atoms with van der Waals surface area (Å²) < 4.78 is 10.6. The Morgan fingerprint density at radius 1 is 1.28 bits per heavy atom. The number of carbonyl (C=O) groups excluding carboxylic acids is 1. The number of nitro benzene ring substituents is 1. The SMILES string of the molecule is COc1ccc(NC(=O)[C@H](C)Oc2ccc(Cl)cc2C)c([N+](=O)[O-])c1. The van der Waals surface area contributed by atoms with E-state index in [0.717, 1.165) is 5.56 Å². The van der Waals surface area contributed by atoms with Crippen LogP contribution in [0.15, 0.2) is 36.4 Å². The molecule has 1 N–H and O–H groups in total. The second-order valence-electron chi connectivity index (χ2n) is 5.30. The molecule has 132 valence electrons. The van der Waals surface area contributed by atoms with E-state index in [-0.39, 0.29) is 11.4 Å². The highest BCUT2D eigenvalue weighted by Crippen LogP contribution is 2.29. The number of ether oxygens (including phenoxy) is 2. The van der Waals surface area contributed by atoms with E-state index >= 15 is 0 Å². The highest BCUT2D eigenvalue weighted by atomic mass is 35.5. The van der Waals surface area contributed by atoms with Gasteiger partial charge in [-0.25, -0.2) is 0 Å². The molecule has 0 bridgehead atoms. The van der Waals surface area contributed by atoms with E-state index in [0.29, 0.717) is 16.5 Å². The first-order valence-corrected chi connectivity index (χ1v) is 7.75.